The smallest absolute Gasteiger partial charge is 0.229 e. The van der Waals surface area contributed by atoms with Crippen LogP contribution in [0.25, 0.3) is 10.2 Å². The summed E-state index contributed by atoms with van der Waals surface area (Å²) in [6.07, 6.45) is 8.16. The van der Waals surface area contributed by atoms with Gasteiger partial charge in [-0.3, -0.25) is 4.90 Å². The van der Waals surface area contributed by atoms with Gasteiger partial charge in [-0.05, 0) is 55.8 Å². The van der Waals surface area contributed by atoms with Crippen LogP contribution in [0.5, 0.6) is 5.75 Å². The van der Waals surface area contributed by atoms with Gasteiger partial charge in [0.1, 0.15) is 5.75 Å². The maximum Gasteiger partial charge on any atom is 0.229 e. The number of anilines is 4. The van der Waals surface area contributed by atoms with Gasteiger partial charge < -0.3 is 25.2 Å². The van der Waals surface area contributed by atoms with E-state index in [2.05, 4.69) is 94.9 Å². The summed E-state index contributed by atoms with van der Waals surface area (Å²) in [4.78, 5) is 18.7. The molecule has 6 rings (SSSR count). The first-order valence-electron chi connectivity index (χ1n) is 15.6. The number of methoxy groups -OCH3 is 1. The van der Waals surface area contributed by atoms with Crippen LogP contribution in [0.3, 0.4) is 0 Å². The molecule has 8 nitrogen and oxygen atoms in total. The summed E-state index contributed by atoms with van der Waals surface area (Å²) in [5, 5.41) is 9.73. The summed E-state index contributed by atoms with van der Waals surface area (Å²) in [6.45, 7) is 13.6. The van der Waals surface area contributed by atoms with Gasteiger partial charge in [-0.25, -0.2) is 4.98 Å². The summed E-state index contributed by atoms with van der Waals surface area (Å²) in [6, 6.07) is 9.19. The van der Waals surface area contributed by atoms with E-state index in [0.717, 1.165) is 52.7 Å². The number of hydrogen-bond donors (Lipinski definition) is 2. The number of rotatable bonds is 9. The van der Waals surface area contributed by atoms with E-state index in [1.807, 2.05) is 11.8 Å². The molecule has 2 aliphatic heterocycles. The van der Waals surface area contributed by atoms with E-state index in [0.29, 0.717) is 23.2 Å². The van der Waals surface area contributed by atoms with Crippen molar-refractivity contribution in [2.75, 3.05) is 69.0 Å². The van der Waals surface area contributed by atoms with Crippen molar-refractivity contribution in [2.24, 2.45) is 5.92 Å². The van der Waals surface area contributed by atoms with Gasteiger partial charge in [0.05, 0.1) is 23.0 Å². The summed E-state index contributed by atoms with van der Waals surface area (Å²) < 4.78 is 6.93. The maximum atomic E-state index is 5.87. The van der Waals surface area contributed by atoms with E-state index in [-0.39, 0.29) is 0 Å². The number of benzene rings is 1. The fourth-order valence-electron chi connectivity index (χ4n) is 6.21. The fraction of sp³-hybridized carbons (Fsp3) is 0.515. The normalized spacial score (nSPS) is 20.8. The second-order valence-electron chi connectivity index (χ2n) is 12.3. The van der Waals surface area contributed by atoms with Crippen LogP contribution in [0.2, 0.25) is 0 Å². The molecule has 0 spiro atoms. The summed E-state index contributed by atoms with van der Waals surface area (Å²) in [5.74, 6) is 2.66. The standard InChI is InChI=1S/C33H45N7OS2/c1-22(2)43-30-9-6-23(3)20-28(30)34-32-31-27(12-19-42-31)36-33(37-32)35-26-8-7-25(21-29(26)41-5)39-13-10-24(11-14-39)40-17-15-38(4)16-18-40/h7-9,12,19-24H,6,10-11,13-18H2,1-5H3,(H2,34,35,36,37). The van der Waals surface area contributed by atoms with Crippen molar-refractivity contribution in [3.8, 4) is 5.75 Å². The van der Waals surface area contributed by atoms with Crippen LogP contribution in [-0.4, -0.2) is 84.5 Å². The van der Waals surface area contributed by atoms with Crippen LogP contribution in [0.15, 0.2) is 52.4 Å². The highest BCUT2D eigenvalue weighted by Crippen LogP contribution is 2.38. The van der Waals surface area contributed by atoms with Gasteiger partial charge in [0.25, 0.3) is 0 Å². The Hall–Kier alpha value is -2.79. The highest BCUT2D eigenvalue weighted by atomic mass is 32.2. The lowest BCUT2D eigenvalue weighted by molar-refractivity contribution is 0.0982. The third-order valence-electron chi connectivity index (χ3n) is 8.63. The van der Waals surface area contributed by atoms with E-state index in [4.69, 9.17) is 14.7 Å². The van der Waals surface area contributed by atoms with E-state index in [9.17, 15) is 0 Å². The molecule has 3 aliphatic rings. The van der Waals surface area contributed by atoms with Crippen molar-refractivity contribution in [3.05, 3.63) is 52.4 Å². The lowest BCUT2D eigenvalue weighted by Crippen LogP contribution is -2.52. The van der Waals surface area contributed by atoms with Crippen molar-refractivity contribution in [1.29, 1.82) is 0 Å². The minimum absolute atomic E-state index is 0.484. The third-order valence-corrected chi connectivity index (χ3v) is 10.6. The van der Waals surface area contributed by atoms with Gasteiger partial charge >= 0.3 is 0 Å². The van der Waals surface area contributed by atoms with Crippen LogP contribution >= 0.6 is 23.1 Å². The summed E-state index contributed by atoms with van der Waals surface area (Å²) in [5.41, 5.74) is 4.13. The van der Waals surface area contributed by atoms with Gasteiger partial charge in [0.2, 0.25) is 5.95 Å². The van der Waals surface area contributed by atoms with Crippen LogP contribution in [0.1, 0.15) is 40.0 Å². The van der Waals surface area contributed by atoms with Crippen molar-refractivity contribution >= 4 is 56.5 Å². The van der Waals surface area contributed by atoms with E-state index >= 15 is 0 Å². The SMILES string of the molecule is COc1cc(N2CCC(N3CCN(C)CC3)CC2)ccc1Nc1nc(NC2=CC(C)CC=C2SC(C)C)c2sccc2n1. The molecule has 1 unspecified atom stereocenters. The monoisotopic (exact) mass is 619 g/mol. The van der Waals surface area contributed by atoms with Crippen molar-refractivity contribution in [3.63, 3.8) is 0 Å². The predicted octanol–water partition coefficient (Wildman–Crippen LogP) is 7.02. The Morgan fingerprint density at radius 1 is 1.02 bits per heavy atom. The second-order valence-corrected chi connectivity index (χ2v) is 14.8. The molecule has 2 fully saturated rings. The van der Waals surface area contributed by atoms with Crippen LogP contribution < -0.4 is 20.3 Å². The molecule has 2 saturated heterocycles. The lowest BCUT2D eigenvalue weighted by Gasteiger charge is -2.42. The van der Waals surface area contributed by atoms with E-state index < -0.39 is 0 Å². The Bertz CT molecular complexity index is 1470. The maximum absolute atomic E-state index is 5.87. The number of nitrogens with zero attached hydrogens (tertiary/aromatic N) is 5. The van der Waals surface area contributed by atoms with Gasteiger partial charge in [0.15, 0.2) is 5.82 Å². The number of fused-ring (bicyclic) bond motifs is 1. The van der Waals surface area contributed by atoms with Gasteiger partial charge in [-0.15, -0.1) is 23.1 Å². The van der Waals surface area contributed by atoms with Crippen LogP contribution in [0, 0.1) is 5.92 Å². The molecule has 2 aromatic heterocycles. The minimum atomic E-state index is 0.484. The topological polar surface area (TPSA) is 68.8 Å². The second kappa shape index (κ2) is 13.5. The number of ether oxygens (including phenoxy) is 1. The highest BCUT2D eigenvalue weighted by Gasteiger charge is 2.27. The highest BCUT2D eigenvalue weighted by molar-refractivity contribution is 8.03. The number of nitrogens with one attached hydrogen (secondary N) is 2. The summed E-state index contributed by atoms with van der Waals surface area (Å²) >= 11 is 3.56. The Morgan fingerprint density at radius 2 is 1.81 bits per heavy atom. The van der Waals surface area contributed by atoms with E-state index in [1.165, 1.54) is 49.6 Å². The fourth-order valence-corrected chi connectivity index (χ4v) is 7.94. The molecule has 0 amide bonds. The first-order chi connectivity index (χ1) is 20.9. The van der Waals surface area contributed by atoms with Crippen LogP contribution in [-0.2, 0) is 0 Å². The number of piperazine rings is 1. The molecule has 4 heterocycles. The molecule has 0 radical (unpaired) electrons. The molecule has 1 aromatic carbocycles. The molecule has 2 N–H and O–H groups in total. The van der Waals surface area contributed by atoms with Gasteiger partial charge in [0, 0.05) is 72.9 Å². The van der Waals surface area contributed by atoms with E-state index in [1.54, 1.807) is 18.4 Å². The number of hydrogen-bond acceptors (Lipinski definition) is 10. The molecule has 0 saturated carbocycles. The number of likely N-dealkylation sites (N-methyl/N-ethyl adjacent to an activating group) is 1. The zero-order chi connectivity index (χ0) is 29.9. The number of piperidine rings is 1. The first-order valence-corrected chi connectivity index (χ1v) is 17.4. The van der Waals surface area contributed by atoms with Gasteiger partial charge in [-0.2, -0.15) is 4.98 Å². The Morgan fingerprint density at radius 3 is 2.56 bits per heavy atom. The molecule has 1 atom stereocenters. The molecule has 43 heavy (non-hydrogen) atoms. The number of aromatic nitrogens is 2. The van der Waals surface area contributed by atoms with Crippen LogP contribution in [0.4, 0.5) is 23.1 Å². The Balaban J connectivity index is 1.17. The predicted molar refractivity (Wildman–Crippen MR) is 184 cm³/mol. The number of thioether (sulfide) groups is 1. The zero-order valence-corrected chi connectivity index (χ0v) is 27.7. The largest absolute Gasteiger partial charge is 0.494 e. The molecule has 0 bridgehead atoms. The van der Waals surface area contributed by atoms with Crippen molar-refractivity contribution < 1.29 is 4.74 Å². The lowest BCUT2D eigenvalue weighted by atomic mass is 10.0. The minimum Gasteiger partial charge on any atom is -0.494 e. The number of thiophene rings is 1. The van der Waals surface area contributed by atoms with Crippen molar-refractivity contribution in [2.45, 2.75) is 51.3 Å². The van der Waals surface area contributed by atoms with Gasteiger partial charge in [-0.1, -0.05) is 32.9 Å². The summed E-state index contributed by atoms with van der Waals surface area (Å²) in [7, 11) is 3.96. The Kier molecular flexibility index (Phi) is 9.47. The molecular formula is C33H45N7OS2. The first kappa shape index (κ1) is 30.2. The average molecular weight is 620 g/mol. The molecular weight excluding hydrogens is 575 g/mol. The number of allylic oxidation sites excluding steroid dienone is 2. The average Bonchev–Trinajstić information content (AvgIpc) is 3.48. The molecule has 3 aromatic rings. The molecule has 230 valence electrons. The Labute approximate surface area is 264 Å². The molecule has 10 heteroatoms. The zero-order valence-electron chi connectivity index (χ0n) is 26.1. The quantitative estimate of drug-likeness (QED) is 0.263. The molecule has 1 aliphatic carbocycles. The van der Waals surface area contributed by atoms with Crippen molar-refractivity contribution in [1.82, 2.24) is 19.8 Å². The third kappa shape index (κ3) is 7.14.